The van der Waals surface area contributed by atoms with E-state index in [2.05, 4.69) is 34.3 Å². The van der Waals surface area contributed by atoms with E-state index in [1.54, 1.807) is 17.3 Å². The number of benzene rings is 1. The number of aryl methyl sites for hydroxylation is 1. The number of hydrogen-bond acceptors (Lipinski definition) is 3. The molecule has 5 nitrogen and oxygen atoms in total. The van der Waals surface area contributed by atoms with Crippen molar-refractivity contribution in [2.45, 2.75) is 25.8 Å². The summed E-state index contributed by atoms with van der Waals surface area (Å²) in [6, 6.07) is 11.9. The summed E-state index contributed by atoms with van der Waals surface area (Å²) in [4.78, 5) is 21.1. The van der Waals surface area contributed by atoms with E-state index < -0.39 is 0 Å². The fourth-order valence-corrected chi connectivity index (χ4v) is 3.44. The molecule has 3 rings (SSSR count). The van der Waals surface area contributed by atoms with E-state index in [4.69, 9.17) is 0 Å². The van der Waals surface area contributed by atoms with Crippen molar-refractivity contribution in [1.29, 1.82) is 0 Å². The maximum absolute atomic E-state index is 12.8. The second-order valence-corrected chi connectivity index (χ2v) is 6.99. The van der Waals surface area contributed by atoms with Crippen LogP contribution in [-0.2, 0) is 0 Å². The minimum atomic E-state index is -0.180. The lowest BCUT2D eigenvalue weighted by atomic mass is 9.96. The average molecular weight is 352 g/mol. The van der Waals surface area contributed by atoms with Crippen molar-refractivity contribution in [3.63, 3.8) is 0 Å². The van der Waals surface area contributed by atoms with E-state index in [9.17, 15) is 4.79 Å². The van der Waals surface area contributed by atoms with Crippen molar-refractivity contribution in [2.24, 2.45) is 0 Å². The van der Waals surface area contributed by atoms with Gasteiger partial charge in [0.1, 0.15) is 0 Å². The number of carbonyl (C=O) groups is 1. The first-order valence-electron chi connectivity index (χ1n) is 9.34. The number of likely N-dealkylation sites (tertiary alicyclic amines) is 1. The van der Waals surface area contributed by atoms with Crippen LogP contribution in [0, 0.1) is 6.92 Å². The van der Waals surface area contributed by atoms with E-state index in [1.165, 1.54) is 12.8 Å². The molecule has 0 radical (unpaired) electrons. The Morgan fingerprint density at radius 1 is 1.19 bits per heavy atom. The quantitative estimate of drug-likeness (QED) is 0.868. The minimum Gasteiger partial charge on any atom is -0.327 e. The topological polar surface area (TPSA) is 48.5 Å². The van der Waals surface area contributed by atoms with E-state index in [0.29, 0.717) is 0 Å². The number of nitrogens with one attached hydrogen (secondary N) is 1. The number of carbonyl (C=O) groups excluding carboxylic acids is 1. The maximum atomic E-state index is 12.8. The largest absolute Gasteiger partial charge is 0.327 e. The van der Waals surface area contributed by atoms with Crippen LogP contribution in [0.1, 0.15) is 35.6 Å². The molecule has 1 fully saturated rings. The predicted octanol–water partition coefficient (Wildman–Crippen LogP) is 3.22. The van der Waals surface area contributed by atoms with Crippen LogP contribution in [0.2, 0.25) is 0 Å². The Morgan fingerprint density at radius 3 is 2.58 bits per heavy atom. The molecule has 1 saturated heterocycles. The van der Waals surface area contributed by atoms with Gasteiger partial charge in [-0.15, -0.1) is 0 Å². The molecule has 0 saturated carbocycles. The van der Waals surface area contributed by atoms with Gasteiger partial charge in [-0.2, -0.15) is 0 Å². The lowest BCUT2D eigenvalue weighted by Crippen LogP contribution is -2.43. The normalized spacial score (nSPS) is 15.6. The minimum absolute atomic E-state index is 0.0470. The van der Waals surface area contributed by atoms with Crippen LogP contribution in [0.4, 0.5) is 4.79 Å². The van der Waals surface area contributed by atoms with Crippen LogP contribution < -0.4 is 5.32 Å². The van der Waals surface area contributed by atoms with Crippen LogP contribution in [0.15, 0.2) is 48.8 Å². The number of rotatable bonds is 6. The van der Waals surface area contributed by atoms with Gasteiger partial charge < -0.3 is 15.1 Å². The second-order valence-electron chi connectivity index (χ2n) is 6.99. The summed E-state index contributed by atoms with van der Waals surface area (Å²) in [6.45, 7) is 6.06. The molecule has 5 heteroatoms. The molecule has 0 spiro atoms. The Morgan fingerprint density at radius 2 is 1.88 bits per heavy atom. The number of nitrogens with zero attached hydrogens (tertiary/aromatic N) is 3. The fourth-order valence-electron chi connectivity index (χ4n) is 3.44. The summed E-state index contributed by atoms with van der Waals surface area (Å²) >= 11 is 0. The fraction of sp³-hybridized carbons (Fsp3) is 0.429. The van der Waals surface area contributed by atoms with Crippen LogP contribution in [0.3, 0.4) is 0 Å². The lowest BCUT2D eigenvalue weighted by Gasteiger charge is -2.26. The van der Waals surface area contributed by atoms with Crippen molar-refractivity contribution in [3.05, 3.63) is 65.5 Å². The number of amides is 2. The van der Waals surface area contributed by atoms with Crippen molar-refractivity contribution in [3.8, 4) is 0 Å². The molecule has 1 aliphatic heterocycles. The van der Waals surface area contributed by atoms with Gasteiger partial charge in [0.2, 0.25) is 0 Å². The highest BCUT2D eigenvalue weighted by atomic mass is 16.2. The van der Waals surface area contributed by atoms with Crippen LogP contribution in [0.25, 0.3) is 0 Å². The summed E-state index contributed by atoms with van der Waals surface area (Å²) in [5, 5.41) is 3.21. The Labute approximate surface area is 156 Å². The van der Waals surface area contributed by atoms with Gasteiger partial charge in [0, 0.05) is 32.5 Å². The van der Waals surface area contributed by atoms with E-state index in [1.807, 2.05) is 31.3 Å². The molecule has 1 aliphatic rings. The van der Waals surface area contributed by atoms with Gasteiger partial charge in [0.05, 0.1) is 6.04 Å². The third kappa shape index (κ3) is 4.61. The molecule has 1 aromatic heterocycles. The SMILES string of the molecule is Cc1ccccc1C(NC(=O)N(C)CCN1CCCC1)c1ccncc1. The summed E-state index contributed by atoms with van der Waals surface area (Å²) in [6.07, 6.45) is 6.08. The third-order valence-corrected chi connectivity index (χ3v) is 5.10. The monoisotopic (exact) mass is 352 g/mol. The highest BCUT2D eigenvalue weighted by Crippen LogP contribution is 2.24. The first-order chi connectivity index (χ1) is 12.6. The van der Waals surface area contributed by atoms with Gasteiger partial charge in [-0.1, -0.05) is 24.3 Å². The highest BCUT2D eigenvalue weighted by molar-refractivity contribution is 5.75. The molecule has 0 aliphatic carbocycles. The molecule has 138 valence electrons. The standard InChI is InChI=1S/C21H28N4O/c1-17-7-3-4-8-19(17)20(18-9-11-22-12-10-18)23-21(26)24(2)15-16-25-13-5-6-14-25/h3-4,7-12,20H,5-6,13-16H2,1-2H3,(H,23,26). The van der Waals surface area contributed by atoms with Gasteiger partial charge in [-0.05, 0) is 61.7 Å². The van der Waals surface area contributed by atoms with Crippen molar-refractivity contribution in [2.75, 3.05) is 33.2 Å². The smallest absolute Gasteiger partial charge is 0.317 e. The first-order valence-corrected chi connectivity index (χ1v) is 9.34. The van der Waals surface area contributed by atoms with E-state index in [-0.39, 0.29) is 12.1 Å². The number of hydrogen-bond donors (Lipinski definition) is 1. The first kappa shape index (κ1) is 18.4. The molecule has 2 amide bonds. The zero-order valence-electron chi connectivity index (χ0n) is 15.7. The van der Waals surface area contributed by atoms with Crippen LogP contribution >= 0.6 is 0 Å². The molecule has 1 atom stereocenters. The Kier molecular flexibility index (Phi) is 6.23. The molecule has 1 aromatic carbocycles. The molecular weight excluding hydrogens is 324 g/mol. The molecular formula is C21H28N4O. The molecule has 26 heavy (non-hydrogen) atoms. The Hall–Kier alpha value is -2.40. The van der Waals surface area contributed by atoms with Gasteiger partial charge >= 0.3 is 6.03 Å². The number of likely N-dealkylation sites (N-methyl/N-ethyl adjacent to an activating group) is 1. The number of aromatic nitrogens is 1. The van der Waals surface area contributed by atoms with Crippen LogP contribution in [0.5, 0.6) is 0 Å². The molecule has 2 aromatic rings. The highest BCUT2D eigenvalue weighted by Gasteiger charge is 2.21. The predicted molar refractivity (Wildman–Crippen MR) is 104 cm³/mol. The number of urea groups is 1. The van der Waals surface area contributed by atoms with Crippen molar-refractivity contribution < 1.29 is 4.79 Å². The van der Waals surface area contributed by atoms with Gasteiger partial charge in [0.25, 0.3) is 0 Å². The summed E-state index contributed by atoms with van der Waals surface area (Å²) in [5.41, 5.74) is 3.31. The third-order valence-electron chi connectivity index (χ3n) is 5.10. The average Bonchev–Trinajstić information content (AvgIpc) is 3.19. The van der Waals surface area contributed by atoms with Crippen molar-refractivity contribution in [1.82, 2.24) is 20.1 Å². The summed E-state index contributed by atoms with van der Waals surface area (Å²) in [7, 11) is 1.87. The number of pyridine rings is 1. The molecule has 1 N–H and O–H groups in total. The Bertz CT molecular complexity index is 713. The van der Waals surface area contributed by atoms with Gasteiger partial charge in [0.15, 0.2) is 0 Å². The van der Waals surface area contributed by atoms with Gasteiger partial charge in [-0.25, -0.2) is 4.79 Å². The van der Waals surface area contributed by atoms with E-state index in [0.717, 1.165) is 42.9 Å². The lowest BCUT2D eigenvalue weighted by molar-refractivity contribution is 0.198. The zero-order chi connectivity index (χ0) is 18.4. The zero-order valence-corrected chi connectivity index (χ0v) is 15.7. The van der Waals surface area contributed by atoms with Gasteiger partial charge in [-0.3, -0.25) is 4.98 Å². The molecule has 2 heterocycles. The maximum Gasteiger partial charge on any atom is 0.317 e. The van der Waals surface area contributed by atoms with Crippen LogP contribution in [-0.4, -0.2) is 54.0 Å². The Balaban J connectivity index is 1.71. The molecule has 0 bridgehead atoms. The molecule has 1 unspecified atom stereocenters. The van der Waals surface area contributed by atoms with E-state index >= 15 is 0 Å². The van der Waals surface area contributed by atoms with Crippen molar-refractivity contribution >= 4 is 6.03 Å². The second kappa shape index (κ2) is 8.81. The summed E-state index contributed by atoms with van der Waals surface area (Å²) < 4.78 is 0. The summed E-state index contributed by atoms with van der Waals surface area (Å²) in [5.74, 6) is 0.